The molecule has 0 N–H and O–H groups in total. The zero-order valence-corrected chi connectivity index (χ0v) is 10.4. The molecule has 1 rings (SSSR count). The van der Waals surface area contributed by atoms with Gasteiger partial charge in [-0.05, 0) is 32.9 Å². The third-order valence-corrected chi connectivity index (χ3v) is 2.07. The van der Waals surface area contributed by atoms with E-state index in [1.165, 1.54) is 0 Å². The fourth-order valence-corrected chi connectivity index (χ4v) is 1.47. The van der Waals surface area contributed by atoms with Crippen LogP contribution in [-0.2, 0) is 4.79 Å². The van der Waals surface area contributed by atoms with Crippen LogP contribution in [0, 0.1) is 0 Å². The van der Waals surface area contributed by atoms with Crippen LogP contribution in [0.25, 0.3) is 0 Å². The summed E-state index contributed by atoms with van der Waals surface area (Å²) in [6.07, 6.45) is 1.85. The number of rotatable bonds is 7. The number of hydrogen-bond donors (Lipinski definition) is 0. The first-order chi connectivity index (χ1) is 8.28. The van der Waals surface area contributed by atoms with E-state index in [9.17, 15) is 4.79 Å². The molecule has 4 nitrogen and oxygen atoms in total. The summed E-state index contributed by atoms with van der Waals surface area (Å²) in [6.45, 7) is 7.00. The van der Waals surface area contributed by atoms with Gasteiger partial charge in [-0.15, -0.1) is 0 Å². The largest absolute Gasteiger partial charge is 0.493 e. The standard InChI is InChI=1S/C13H17O4/c1-4-15-11-7-8-12(16-5-2)13(17-6-3)10(11)9-14/h7-8H,4-6H2,1-3H3. The number of hydrogen-bond acceptors (Lipinski definition) is 4. The Kier molecular flexibility index (Phi) is 5.33. The van der Waals surface area contributed by atoms with Crippen molar-refractivity contribution in [2.45, 2.75) is 20.8 Å². The Morgan fingerprint density at radius 3 is 2.00 bits per heavy atom. The van der Waals surface area contributed by atoms with E-state index < -0.39 is 0 Å². The van der Waals surface area contributed by atoms with E-state index >= 15 is 0 Å². The lowest BCUT2D eigenvalue weighted by atomic mass is 10.1. The molecule has 0 fully saturated rings. The molecule has 0 bridgehead atoms. The van der Waals surface area contributed by atoms with Crippen molar-refractivity contribution in [1.29, 1.82) is 0 Å². The van der Waals surface area contributed by atoms with Gasteiger partial charge in [0.15, 0.2) is 11.5 Å². The second-order valence-electron chi connectivity index (χ2n) is 3.17. The van der Waals surface area contributed by atoms with Gasteiger partial charge in [0.25, 0.3) is 0 Å². The molecule has 1 radical (unpaired) electrons. The fourth-order valence-electron chi connectivity index (χ4n) is 1.47. The number of carbonyl (C=O) groups excluding carboxylic acids is 1. The van der Waals surface area contributed by atoms with Gasteiger partial charge in [0.2, 0.25) is 6.29 Å². The second kappa shape index (κ2) is 6.78. The summed E-state index contributed by atoms with van der Waals surface area (Å²) < 4.78 is 16.2. The molecule has 17 heavy (non-hydrogen) atoms. The highest BCUT2D eigenvalue weighted by Gasteiger charge is 2.16. The van der Waals surface area contributed by atoms with Gasteiger partial charge >= 0.3 is 0 Å². The molecule has 0 atom stereocenters. The van der Waals surface area contributed by atoms with Gasteiger partial charge in [-0.1, -0.05) is 0 Å². The maximum Gasteiger partial charge on any atom is 0.241 e. The van der Waals surface area contributed by atoms with Crippen LogP contribution in [0.3, 0.4) is 0 Å². The molecule has 0 heterocycles. The Morgan fingerprint density at radius 2 is 1.47 bits per heavy atom. The van der Waals surface area contributed by atoms with Gasteiger partial charge in [0.1, 0.15) is 11.3 Å². The molecular weight excluding hydrogens is 220 g/mol. The van der Waals surface area contributed by atoms with Crippen LogP contribution >= 0.6 is 0 Å². The van der Waals surface area contributed by atoms with Crippen molar-refractivity contribution in [3.63, 3.8) is 0 Å². The molecule has 0 aliphatic carbocycles. The van der Waals surface area contributed by atoms with Crippen LogP contribution in [0.15, 0.2) is 12.1 Å². The first-order valence-electron chi connectivity index (χ1n) is 5.71. The highest BCUT2D eigenvalue weighted by Crippen LogP contribution is 2.36. The quantitative estimate of drug-likeness (QED) is 0.730. The third kappa shape index (κ3) is 3.12. The average Bonchev–Trinajstić information content (AvgIpc) is 2.33. The molecule has 93 valence electrons. The van der Waals surface area contributed by atoms with E-state index in [1.54, 1.807) is 12.1 Å². The van der Waals surface area contributed by atoms with Crippen LogP contribution in [0.2, 0.25) is 0 Å². The van der Waals surface area contributed by atoms with E-state index in [2.05, 4.69) is 0 Å². The Labute approximate surface area is 101 Å². The highest BCUT2D eigenvalue weighted by atomic mass is 16.5. The van der Waals surface area contributed by atoms with Crippen LogP contribution < -0.4 is 14.2 Å². The van der Waals surface area contributed by atoms with Gasteiger partial charge in [-0.2, -0.15) is 0 Å². The predicted octanol–water partition coefficient (Wildman–Crippen LogP) is 2.34. The first kappa shape index (κ1) is 13.4. The SMILES string of the molecule is CCOc1ccc(OCC)c(OCC)c1[C]=O. The van der Waals surface area contributed by atoms with Crippen molar-refractivity contribution < 1.29 is 19.0 Å². The Bertz CT molecular complexity index is 374. The van der Waals surface area contributed by atoms with Gasteiger partial charge in [0.05, 0.1) is 19.8 Å². The predicted molar refractivity (Wildman–Crippen MR) is 64.7 cm³/mol. The average molecular weight is 237 g/mol. The van der Waals surface area contributed by atoms with Crippen LogP contribution in [0.4, 0.5) is 0 Å². The molecule has 0 saturated carbocycles. The molecule has 1 aromatic carbocycles. The van der Waals surface area contributed by atoms with Crippen LogP contribution in [0.5, 0.6) is 17.2 Å². The topological polar surface area (TPSA) is 44.8 Å². The normalized spacial score (nSPS) is 9.82. The minimum atomic E-state index is 0.277. The number of ether oxygens (including phenoxy) is 3. The molecular formula is C13H17O4. The van der Waals surface area contributed by atoms with Crippen LogP contribution in [-0.4, -0.2) is 26.1 Å². The monoisotopic (exact) mass is 237 g/mol. The summed E-state index contributed by atoms with van der Waals surface area (Å²) >= 11 is 0. The molecule has 0 aromatic heterocycles. The smallest absolute Gasteiger partial charge is 0.241 e. The summed E-state index contributed by atoms with van der Waals surface area (Å²) in [5.74, 6) is 1.40. The third-order valence-electron chi connectivity index (χ3n) is 2.07. The van der Waals surface area contributed by atoms with Crippen molar-refractivity contribution in [2.75, 3.05) is 19.8 Å². The Morgan fingerprint density at radius 1 is 0.941 bits per heavy atom. The van der Waals surface area contributed by atoms with E-state index in [1.807, 2.05) is 27.1 Å². The van der Waals surface area contributed by atoms with Gasteiger partial charge in [0, 0.05) is 0 Å². The van der Waals surface area contributed by atoms with Crippen molar-refractivity contribution >= 4 is 6.29 Å². The summed E-state index contributed by atoms with van der Waals surface area (Å²) in [4.78, 5) is 11.0. The minimum Gasteiger partial charge on any atom is -0.493 e. The molecule has 0 aliphatic heterocycles. The fraction of sp³-hybridized carbons (Fsp3) is 0.462. The lowest BCUT2D eigenvalue weighted by Crippen LogP contribution is -2.04. The molecule has 0 saturated heterocycles. The Hall–Kier alpha value is -1.71. The highest BCUT2D eigenvalue weighted by molar-refractivity contribution is 5.86. The van der Waals surface area contributed by atoms with Gasteiger partial charge in [-0.3, -0.25) is 4.79 Å². The lowest BCUT2D eigenvalue weighted by Gasteiger charge is -2.15. The van der Waals surface area contributed by atoms with Crippen LogP contribution in [0.1, 0.15) is 26.3 Å². The summed E-state index contributed by atoms with van der Waals surface area (Å²) in [5, 5.41) is 0. The molecule has 0 unspecified atom stereocenters. The van der Waals surface area contributed by atoms with Gasteiger partial charge < -0.3 is 14.2 Å². The molecule has 1 aromatic rings. The maximum atomic E-state index is 11.0. The maximum absolute atomic E-state index is 11.0. The zero-order chi connectivity index (χ0) is 12.7. The molecule has 4 heteroatoms. The zero-order valence-electron chi connectivity index (χ0n) is 10.4. The van der Waals surface area contributed by atoms with Crippen molar-refractivity contribution in [3.05, 3.63) is 17.7 Å². The summed E-state index contributed by atoms with van der Waals surface area (Å²) in [7, 11) is 0. The first-order valence-corrected chi connectivity index (χ1v) is 5.71. The molecule has 0 spiro atoms. The molecule has 0 aliphatic rings. The second-order valence-corrected chi connectivity index (χ2v) is 3.17. The Balaban J connectivity index is 3.22. The lowest BCUT2D eigenvalue weighted by molar-refractivity contribution is 0.282. The van der Waals surface area contributed by atoms with Crippen molar-refractivity contribution in [1.82, 2.24) is 0 Å². The van der Waals surface area contributed by atoms with Gasteiger partial charge in [-0.25, -0.2) is 0 Å². The van der Waals surface area contributed by atoms with E-state index in [-0.39, 0.29) is 5.56 Å². The van der Waals surface area contributed by atoms with Crippen molar-refractivity contribution in [3.8, 4) is 17.2 Å². The van der Waals surface area contributed by atoms with E-state index in [0.29, 0.717) is 37.1 Å². The number of benzene rings is 1. The van der Waals surface area contributed by atoms with E-state index in [0.717, 1.165) is 0 Å². The summed E-state index contributed by atoms with van der Waals surface area (Å²) in [5.41, 5.74) is 0.277. The minimum absolute atomic E-state index is 0.277. The molecule has 0 amide bonds. The van der Waals surface area contributed by atoms with E-state index in [4.69, 9.17) is 14.2 Å². The summed E-state index contributed by atoms with van der Waals surface area (Å²) in [6, 6.07) is 3.43. The van der Waals surface area contributed by atoms with Crippen molar-refractivity contribution in [2.24, 2.45) is 0 Å².